The van der Waals surface area contributed by atoms with Crippen molar-refractivity contribution in [1.29, 1.82) is 0 Å². The molecule has 3 heterocycles. The predicted octanol–water partition coefficient (Wildman–Crippen LogP) is 0.367. The number of alkyl carbamates (subject to hydrolysis) is 1. The average molecular weight is 334 g/mol. The lowest BCUT2D eigenvalue weighted by Gasteiger charge is -2.32. The highest BCUT2D eigenvalue weighted by molar-refractivity contribution is 5.72. The number of rotatable bonds is 4. The highest BCUT2D eigenvalue weighted by atomic mass is 16.5. The van der Waals surface area contributed by atoms with Crippen LogP contribution in [-0.4, -0.2) is 56.5 Å². The number of likely N-dealkylation sites (tertiary alicyclic amines) is 1. The highest BCUT2D eigenvalue weighted by Crippen LogP contribution is 2.13. The summed E-state index contributed by atoms with van der Waals surface area (Å²) in [6.07, 6.45) is 3.02. The smallest absolute Gasteiger partial charge is 0.407 e. The first-order valence-corrected chi connectivity index (χ1v) is 8.13. The van der Waals surface area contributed by atoms with E-state index in [1.54, 1.807) is 18.7 Å². The highest BCUT2D eigenvalue weighted by Gasteiger charge is 2.22. The lowest BCUT2D eigenvalue weighted by atomic mass is 10.1. The number of nitrogens with one attached hydrogen (secondary N) is 2. The molecule has 2 aromatic heterocycles. The van der Waals surface area contributed by atoms with Gasteiger partial charge < -0.3 is 15.0 Å². The number of aromatic amines is 1. The van der Waals surface area contributed by atoms with Gasteiger partial charge in [0.05, 0.1) is 19.3 Å². The van der Waals surface area contributed by atoms with Crippen LogP contribution in [0, 0.1) is 0 Å². The minimum absolute atomic E-state index is 0.0463. The predicted molar refractivity (Wildman–Crippen MR) is 87.6 cm³/mol. The van der Waals surface area contributed by atoms with E-state index in [1.807, 2.05) is 0 Å². The Bertz CT molecular complexity index is 783. The van der Waals surface area contributed by atoms with Crippen LogP contribution in [0.25, 0.3) is 11.0 Å². The number of carbonyl (C=O) groups excluding carboxylic acids is 1. The van der Waals surface area contributed by atoms with Crippen LogP contribution >= 0.6 is 0 Å². The van der Waals surface area contributed by atoms with Crippen molar-refractivity contribution < 1.29 is 9.53 Å². The SMILES string of the molecule is CCOC(=O)N[C@H]1CCCN(Cc2nc3c(cnn3C)c(=O)[nH]2)C1. The summed E-state index contributed by atoms with van der Waals surface area (Å²) in [4.78, 5) is 33.1. The molecule has 1 fully saturated rings. The second-order valence-electron chi connectivity index (χ2n) is 5.96. The van der Waals surface area contributed by atoms with Gasteiger partial charge in [-0.15, -0.1) is 0 Å². The zero-order valence-electron chi connectivity index (χ0n) is 13.9. The topological polar surface area (TPSA) is 105 Å². The molecule has 1 amide bonds. The minimum atomic E-state index is -0.382. The summed E-state index contributed by atoms with van der Waals surface area (Å²) in [5.74, 6) is 0.605. The molecule has 130 valence electrons. The first kappa shape index (κ1) is 16.4. The summed E-state index contributed by atoms with van der Waals surface area (Å²) >= 11 is 0. The number of H-pyrrole nitrogens is 1. The lowest BCUT2D eigenvalue weighted by molar-refractivity contribution is 0.132. The van der Waals surface area contributed by atoms with Gasteiger partial charge in [-0.05, 0) is 26.3 Å². The summed E-state index contributed by atoms with van der Waals surface area (Å²) in [7, 11) is 1.76. The Balaban J connectivity index is 1.68. The molecular weight excluding hydrogens is 312 g/mol. The van der Waals surface area contributed by atoms with Crippen LogP contribution in [0.15, 0.2) is 11.0 Å². The van der Waals surface area contributed by atoms with Crippen LogP contribution in [-0.2, 0) is 18.3 Å². The lowest BCUT2D eigenvalue weighted by Crippen LogP contribution is -2.47. The van der Waals surface area contributed by atoms with Gasteiger partial charge in [0.15, 0.2) is 5.65 Å². The van der Waals surface area contributed by atoms with E-state index in [0.717, 1.165) is 19.4 Å². The van der Waals surface area contributed by atoms with Crippen LogP contribution in [0.3, 0.4) is 0 Å². The van der Waals surface area contributed by atoms with Gasteiger partial charge in [-0.3, -0.25) is 14.4 Å². The number of piperidine rings is 1. The minimum Gasteiger partial charge on any atom is -0.450 e. The second-order valence-corrected chi connectivity index (χ2v) is 5.96. The van der Waals surface area contributed by atoms with Crippen molar-refractivity contribution >= 4 is 17.1 Å². The van der Waals surface area contributed by atoms with Gasteiger partial charge in [0.1, 0.15) is 11.2 Å². The molecule has 9 nitrogen and oxygen atoms in total. The largest absolute Gasteiger partial charge is 0.450 e. The zero-order valence-corrected chi connectivity index (χ0v) is 13.9. The Labute approximate surface area is 139 Å². The summed E-state index contributed by atoms with van der Waals surface area (Å²) in [6, 6.07) is 0.0463. The molecule has 1 atom stereocenters. The van der Waals surface area contributed by atoms with Crippen LogP contribution < -0.4 is 10.9 Å². The monoisotopic (exact) mass is 334 g/mol. The Hall–Kier alpha value is -2.42. The number of carbonyl (C=O) groups is 1. The molecule has 0 aromatic carbocycles. The quantitative estimate of drug-likeness (QED) is 0.837. The number of aryl methyl sites for hydroxylation is 1. The third-order valence-electron chi connectivity index (χ3n) is 4.13. The second kappa shape index (κ2) is 7.00. The summed E-state index contributed by atoms with van der Waals surface area (Å²) in [5, 5.41) is 7.43. The molecule has 0 unspecified atom stereocenters. The molecule has 9 heteroatoms. The maximum Gasteiger partial charge on any atom is 0.407 e. The Kier molecular flexibility index (Phi) is 4.79. The Morgan fingerprint density at radius 2 is 2.38 bits per heavy atom. The van der Waals surface area contributed by atoms with Crippen molar-refractivity contribution in [3.8, 4) is 0 Å². The van der Waals surface area contributed by atoms with E-state index in [4.69, 9.17) is 4.74 Å². The summed E-state index contributed by atoms with van der Waals surface area (Å²) < 4.78 is 6.52. The van der Waals surface area contributed by atoms with Gasteiger partial charge in [0.2, 0.25) is 0 Å². The molecule has 2 N–H and O–H groups in total. The molecule has 3 rings (SSSR count). The molecule has 2 aromatic rings. The van der Waals surface area contributed by atoms with E-state index < -0.39 is 0 Å². The number of amides is 1. The van der Waals surface area contributed by atoms with E-state index in [0.29, 0.717) is 36.6 Å². The summed E-state index contributed by atoms with van der Waals surface area (Å²) in [6.45, 7) is 4.26. The normalized spacial score (nSPS) is 18.7. The fraction of sp³-hybridized carbons (Fsp3) is 0.600. The molecule has 1 aliphatic rings. The van der Waals surface area contributed by atoms with Crippen molar-refractivity contribution in [2.24, 2.45) is 7.05 Å². The van der Waals surface area contributed by atoms with Crippen molar-refractivity contribution in [2.75, 3.05) is 19.7 Å². The van der Waals surface area contributed by atoms with Crippen LogP contribution in [0.5, 0.6) is 0 Å². The van der Waals surface area contributed by atoms with Gasteiger partial charge in [-0.2, -0.15) is 5.10 Å². The van der Waals surface area contributed by atoms with Crippen LogP contribution in [0.1, 0.15) is 25.6 Å². The Morgan fingerprint density at radius 3 is 3.17 bits per heavy atom. The maximum absolute atomic E-state index is 12.1. The molecule has 1 saturated heterocycles. The number of fused-ring (bicyclic) bond motifs is 1. The van der Waals surface area contributed by atoms with Gasteiger partial charge in [-0.25, -0.2) is 9.78 Å². The maximum atomic E-state index is 12.1. The standard InChI is InChI=1S/C15H22N6O3/c1-3-24-15(23)17-10-5-4-6-21(8-10)9-12-18-13-11(14(22)19-12)7-16-20(13)2/h7,10H,3-6,8-9H2,1-2H3,(H,17,23)(H,18,19,22)/t10-/m0/s1. The molecule has 1 aliphatic heterocycles. The van der Waals surface area contributed by atoms with Gasteiger partial charge in [0.25, 0.3) is 5.56 Å². The molecule has 24 heavy (non-hydrogen) atoms. The first-order valence-electron chi connectivity index (χ1n) is 8.13. The van der Waals surface area contributed by atoms with Crippen LogP contribution in [0.2, 0.25) is 0 Å². The zero-order chi connectivity index (χ0) is 17.1. The summed E-state index contributed by atoms with van der Waals surface area (Å²) in [5.41, 5.74) is 0.397. The fourth-order valence-corrected chi connectivity index (χ4v) is 3.02. The molecule has 0 saturated carbocycles. The van der Waals surface area contributed by atoms with E-state index >= 15 is 0 Å². The third-order valence-corrected chi connectivity index (χ3v) is 4.13. The van der Waals surface area contributed by atoms with Gasteiger partial charge >= 0.3 is 6.09 Å². The molecule has 0 bridgehead atoms. The van der Waals surface area contributed by atoms with Gasteiger partial charge in [-0.1, -0.05) is 0 Å². The van der Waals surface area contributed by atoms with Crippen LogP contribution in [0.4, 0.5) is 4.79 Å². The molecule has 0 aliphatic carbocycles. The van der Waals surface area contributed by atoms with Crippen molar-refractivity contribution in [3.63, 3.8) is 0 Å². The van der Waals surface area contributed by atoms with E-state index in [1.165, 1.54) is 6.20 Å². The van der Waals surface area contributed by atoms with Crippen molar-refractivity contribution in [1.82, 2.24) is 30.0 Å². The van der Waals surface area contributed by atoms with Gasteiger partial charge in [0, 0.05) is 19.6 Å². The molecule has 0 radical (unpaired) electrons. The molecule has 0 spiro atoms. The number of hydrogen-bond donors (Lipinski definition) is 2. The number of ether oxygens (including phenoxy) is 1. The third kappa shape index (κ3) is 3.56. The number of nitrogens with zero attached hydrogens (tertiary/aromatic N) is 4. The average Bonchev–Trinajstić information content (AvgIpc) is 2.90. The number of aromatic nitrogens is 4. The van der Waals surface area contributed by atoms with E-state index in [9.17, 15) is 9.59 Å². The Morgan fingerprint density at radius 1 is 1.54 bits per heavy atom. The van der Waals surface area contributed by atoms with E-state index in [-0.39, 0.29) is 17.7 Å². The van der Waals surface area contributed by atoms with Crippen molar-refractivity contribution in [2.45, 2.75) is 32.4 Å². The molecular formula is C15H22N6O3. The van der Waals surface area contributed by atoms with E-state index in [2.05, 4.69) is 25.3 Å². The first-order chi connectivity index (χ1) is 11.6. The number of hydrogen-bond acceptors (Lipinski definition) is 6. The fourth-order valence-electron chi connectivity index (χ4n) is 3.02. The van der Waals surface area contributed by atoms with Crippen molar-refractivity contribution in [3.05, 3.63) is 22.4 Å².